The lowest BCUT2D eigenvalue weighted by Gasteiger charge is -2.25. The van der Waals surface area contributed by atoms with Gasteiger partial charge in [0.1, 0.15) is 11.4 Å². The van der Waals surface area contributed by atoms with Crippen molar-refractivity contribution in [3.8, 4) is 0 Å². The van der Waals surface area contributed by atoms with Gasteiger partial charge in [-0.25, -0.2) is 9.18 Å². The molecule has 1 aliphatic rings. The van der Waals surface area contributed by atoms with Gasteiger partial charge in [0.2, 0.25) is 0 Å². The monoisotopic (exact) mass is 326 g/mol. The highest BCUT2D eigenvalue weighted by atomic mass is 19.1. The molecule has 1 unspecified atom stereocenters. The molecule has 1 aliphatic heterocycles. The Balaban J connectivity index is 1.93. The SMILES string of the molecule is CCC1(c2ccc(F)cc2)NC(=O)N(Cc2cccc(C)c2)C1=O. The fraction of sp³-hybridized carbons (Fsp3) is 0.263. The summed E-state index contributed by atoms with van der Waals surface area (Å²) in [5, 5.41) is 2.80. The Kier molecular flexibility index (Phi) is 4.09. The van der Waals surface area contributed by atoms with Crippen LogP contribution in [0.4, 0.5) is 9.18 Å². The molecule has 2 aromatic carbocycles. The van der Waals surface area contributed by atoms with Crippen LogP contribution in [0.1, 0.15) is 30.0 Å². The predicted octanol–water partition coefficient (Wildman–Crippen LogP) is 3.49. The van der Waals surface area contributed by atoms with Gasteiger partial charge >= 0.3 is 6.03 Å². The molecule has 0 aromatic heterocycles. The molecule has 4 nitrogen and oxygen atoms in total. The van der Waals surface area contributed by atoms with E-state index in [1.54, 1.807) is 12.1 Å². The number of aryl methyl sites for hydroxylation is 1. The van der Waals surface area contributed by atoms with Gasteiger partial charge < -0.3 is 5.32 Å². The van der Waals surface area contributed by atoms with Gasteiger partial charge in [0, 0.05) is 0 Å². The lowest BCUT2D eigenvalue weighted by atomic mass is 9.87. The van der Waals surface area contributed by atoms with Crippen LogP contribution in [0.15, 0.2) is 48.5 Å². The molecule has 2 aromatic rings. The maximum absolute atomic E-state index is 13.2. The Labute approximate surface area is 140 Å². The second kappa shape index (κ2) is 6.07. The molecular weight excluding hydrogens is 307 g/mol. The average molecular weight is 326 g/mol. The molecule has 0 bridgehead atoms. The smallest absolute Gasteiger partial charge is 0.319 e. The fourth-order valence-corrected chi connectivity index (χ4v) is 3.14. The van der Waals surface area contributed by atoms with Crippen LogP contribution in [0.2, 0.25) is 0 Å². The van der Waals surface area contributed by atoms with Crippen LogP contribution in [-0.2, 0) is 16.9 Å². The van der Waals surface area contributed by atoms with E-state index in [1.807, 2.05) is 38.1 Å². The van der Waals surface area contributed by atoms with Crippen molar-refractivity contribution in [2.45, 2.75) is 32.4 Å². The predicted molar refractivity (Wildman–Crippen MR) is 88.6 cm³/mol. The van der Waals surface area contributed by atoms with Crippen LogP contribution < -0.4 is 5.32 Å². The summed E-state index contributed by atoms with van der Waals surface area (Å²) in [6, 6.07) is 13.0. The zero-order chi connectivity index (χ0) is 17.3. The van der Waals surface area contributed by atoms with E-state index >= 15 is 0 Å². The number of carbonyl (C=O) groups excluding carboxylic acids is 2. The lowest BCUT2D eigenvalue weighted by Crippen LogP contribution is -2.43. The van der Waals surface area contributed by atoms with Gasteiger partial charge in [-0.3, -0.25) is 9.69 Å². The minimum absolute atomic E-state index is 0.218. The summed E-state index contributed by atoms with van der Waals surface area (Å²) in [6.45, 7) is 4.01. The number of hydrogen-bond donors (Lipinski definition) is 1. The summed E-state index contributed by atoms with van der Waals surface area (Å²) in [5.41, 5.74) is 1.43. The van der Waals surface area contributed by atoms with E-state index in [0.717, 1.165) is 11.1 Å². The van der Waals surface area contributed by atoms with Gasteiger partial charge in [-0.05, 0) is 36.6 Å². The van der Waals surface area contributed by atoms with Crippen molar-refractivity contribution in [1.29, 1.82) is 0 Å². The maximum Gasteiger partial charge on any atom is 0.325 e. The van der Waals surface area contributed by atoms with Crippen LogP contribution >= 0.6 is 0 Å². The van der Waals surface area contributed by atoms with Gasteiger partial charge in [0.25, 0.3) is 5.91 Å². The first-order valence-corrected chi connectivity index (χ1v) is 7.92. The number of imide groups is 1. The molecule has 1 heterocycles. The lowest BCUT2D eigenvalue weighted by molar-refractivity contribution is -0.132. The summed E-state index contributed by atoms with van der Waals surface area (Å²) < 4.78 is 13.2. The van der Waals surface area contributed by atoms with Gasteiger partial charge in [0.05, 0.1) is 6.54 Å². The highest BCUT2D eigenvalue weighted by Crippen LogP contribution is 2.33. The topological polar surface area (TPSA) is 49.4 Å². The molecule has 1 atom stereocenters. The number of nitrogens with zero attached hydrogens (tertiary/aromatic N) is 1. The van der Waals surface area contributed by atoms with E-state index in [0.29, 0.717) is 12.0 Å². The summed E-state index contributed by atoms with van der Waals surface area (Å²) in [4.78, 5) is 26.6. The molecule has 124 valence electrons. The number of benzene rings is 2. The molecule has 0 spiro atoms. The third-order valence-electron chi connectivity index (χ3n) is 4.47. The van der Waals surface area contributed by atoms with E-state index in [1.165, 1.54) is 17.0 Å². The molecule has 1 fully saturated rings. The number of hydrogen-bond acceptors (Lipinski definition) is 2. The van der Waals surface area contributed by atoms with Crippen molar-refractivity contribution in [3.05, 3.63) is 71.0 Å². The van der Waals surface area contributed by atoms with E-state index in [-0.39, 0.29) is 18.3 Å². The second-order valence-electron chi connectivity index (χ2n) is 6.08. The van der Waals surface area contributed by atoms with Gasteiger partial charge in [-0.1, -0.05) is 48.9 Å². The molecule has 0 radical (unpaired) electrons. The van der Waals surface area contributed by atoms with E-state index in [4.69, 9.17) is 0 Å². The zero-order valence-corrected chi connectivity index (χ0v) is 13.7. The number of carbonyl (C=O) groups is 2. The van der Waals surface area contributed by atoms with Crippen molar-refractivity contribution < 1.29 is 14.0 Å². The Morgan fingerprint density at radius 1 is 1.12 bits per heavy atom. The van der Waals surface area contributed by atoms with Crippen LogP contribution in [0, 0.1) is 12.7 Å². The van der Waals surface area contributed by atoms with Crippen LogP contribution in [0.25, 0.3) is 0 Å². The standard InChI is InChI=1S/C19H19FN2O2/c1-3-19(15-7-9-16(20)10-8-15)17(23)22(18(24)21-19)12-14-6-4-5-13(2)11-14/h4-11H,3,12H2,1-2H3,(H,21,24). The van der Waals surface area contributed by atoms with Gasteiger partial charge in [0.15, 0.2) is 0 Å². The average Bonchev–Trinajstić information content (AvgIpc) is 2.81. The second-order valence-corrected chi connectivity index (χ2v) is 6.08. The molecule has 1 saturated heterocycles. The first-order chi connectivity index (χ1) is 11.5. The van der Waals surface area contributed by atoms with Crippen molar-refractivity contribution >= 4 is 11.9 Å². The van der Waals surface area contributed by atoms with Crippen molar-refractivity contribution in [2.24, 2.45) is 0 Å². The minimum atomic E-state index is -1.13. The number of rotatable bonds is 4. The largest absolute Gasteiger partial charge is 0.325 e. The zero-order valence-electron chi connectivity index (χ0n) is 13.7. The molecule has 24 heavy (non-hydrogen) atoms. The maximum atomic E-state index is 13.2. The molecular formula is C19H19FN2O2. The van der Waals surface area contributed by atoms with Gasteiger partial charge in [-0.2, -0.15) is 0 Å². The van der Waals surface area contributed by atoms with E-state index in [9.17, 15) is 14.0 Å². The highest BCUT2D eigenvalue weighted by molar-refractivity contribution is 6.07. The van der Waals surface area contributed by atoms with Crippen molar-refractivity contribution in [2.75, 3.05) is 0 Å². The Morgan fingerprint density at radius 3 is 2.46 bits per heavy atom. The first-order valence-electron chi connectivity index (χ1n) is 7.92. The minimum Gasteiger partial charge on any atom is -0.319 e. The van der Waals surface area contributed by atoms with E-state index < -0.39 is 11.6 Å². The Hall–Kier alpha value is -2.69. The van der Waals surface area contributed by atoms with E-state index in [2.05, 4.69) is 5.32 Å². The normalized spacial score (nSPS) is 20.4. The Morgan fingerprint density at radius 2 is 1.83 bits per heavy atom. The first kappa shape index (κ1) is 16.2. The third kappa shape index (κ3) is 2.66. The number of nitrogens with one attached hydrogen (secondary N) is 1. The molecule has 3 amide bonds. The number of amides is 3. The van der Waals surface area contributed by atoms with Crippen LogP contribution in [-0.4, -0.2) is 16.8 Å². The Bertz CT molecular complexity index is 788. The van der Waals surface area contributed by atoms with Gasteiger partial charge in [-0.15, -0.1) is 0 Å². The quantitative estimate of drug-likeness (QED) is 0.874. The number of urea groups is 1. The van der Waals surface area contributed by atoms with Crippen LogP contribution in [0.3, 0.4) is 0 Å². The molecule has 1 N–H and O–H groups in total. The summed E-state index contributed by atoms with van der Waals surface area (Å²) >= 11 is 0. The van der Waals surface area contributed by atoms with Crippen molar-refractivity contribution in [3.63, 3.8) is 0 Å². The summed E-state index contributed by atoms with van der Waals surface area (Å²) in [7, 11) is 0. The molecule has 0 saturated carbocycles. The van der Waals surface area contributed by atoms with Crippen molar-refractivity contribution in [1.82, 2.24) is 10.2 Å². The molecule has 5 heteroatoms. The third-order valence-corrected chi connectivity index (χ3v) is 4.47. The number of halogens is 1. The van der Waals surface area contributed by atoms with Crippen LogP contribution in [0.5, 0.6) is 0 Å². The summed E-state index contributed by atoms with van der Waals surface area (Å²) in [5.74, 6) is -0.679. The molecule has 3 rings (SSSR count). The highest BCUT2D eigenvalue weighted by Gasteiger charge is 2.51. The molecule has 0 aliphatic carbocycles. The fourth-order valence-electron chi connectivity index (χ4n) is 3.14. The summed E-state index contributed by atoms with van der Waals surface area (Å²) in [6.07, 6.45) is 0.396.